The molecule has 98 valence electrons. The van der Waals surface area contributed by atoms with Crippen molar-refractivity contribution in [1.29, 1.82) is 0 Å². The summed E-state index contributed by atoms with van der Waals surface area (Å²) in [5.74, 6) is -0.202. The molecular formula is C12H15NO4S. The molecule has 0 fully saturated rings. The third kappa shape index (κ3) is 4.06. The van der Waals surface area contributed by atoms with Gasteiger partial charge in [0, 0.05) is 17.9 Å². The molecule has 0 saturated heterocycles. The molecular weight excluding hydrogens is 254 g/mol. The Morgan fingerprint density at radius 2 is 1.78 bits per heavy atom. The Morgan fingerprint density at radius 1 is 1.11 bits per heavy atom. The van der Waals surface area contributed by atoms with E-state index < -0.39 is 10.1 Å². The molecule has 5 nitrogen and oxygen atoms in total. The van der Waals surface area contributed by atoms with E-state index in [2.05, 4.69) is 0 Å². The number of hydrogen-bond acceptors (Lipinski definition) is 3. The molecule has 0 amide bonds. The van der Waals surface area contributed by atoms with Crippen LogP contribution in [-0.2, 0) is 16.7 Å². The van der Waals surface area contributed by atoms with Crippen LogP contribution in [-0.4, -0.2) is 24.2 Å². The number of aromatic nitrogens is 1. The summed E-state index contributed by atoms with van der Waals surface area (Å²) in [6.45, 7) is 0.574. The van der Waals surface area contributed by atoms with E-state index in [0.717, 1.165) is 10.8 Å². The largest absolute Gasteiger partial charge is 0.870 e. The van der Waals surface area contributed by atoms with Crippen molar-refractivity contribution >= 4 is 20.9 Å². The second-order valence-corrected chi connectivity index (χ2v) is 5.52. The van der Waals surface area contributed by atoms with Crippen LogP contribution in [0.3, 0.4) is 0 Å². The van der Waals surface area contributed by atoms with Crippen molar-refractivity contribution < 1.29 is 23.0 Å². The topological polar surface area (TPSA) is 88.2 Å². The zero-order valence-electron chi connectivity index (χ0n) is 9.73. The Kier molecular flexibility index (Phi) is 4.77. The average Bonchev–Trinajstić information content (AvgIpc) is 2.27. The van der Waals surface area contributed by atoms with Gasteiger partial charge in [-0.15, -0.1) is 0 Å². The summed E-state index contributed by atoms with van der Waals surface area (Å²) in [5, 5.41) is 2.26. The molecule has 2 N–H and O–H groups in total. The zero-order chi connectivity index (χ0) is 12.3. The maximum absolute atomic E-state index is 10.6. The van der Waals surface area contributed by atoms with Crippen LogP contribution in [0.25, 0.3) is 10.8 Å². The molecule has 0 atom stereocenters. The Labute approximate surface area is 106 Å². The monoisotopic (exact) mass is 269 g/mol. The van der Waals surface area contributed by atoms with E-state index in [1.54, 1.807) is 0 Å². The molecule has 18 heavy (non-hydrogen) atoms. The van der Waals surface area contributed by atoms with Crippen LogP contribution in [0, 0.1) is 0 Å². The summed E-state index contributed by atoms with van der Waals surface area (Å²) in [5.41, 5.74) is 0. The predicted molar refractivity (Wildman–Crippen MR) is 67.1 cm³/mol. The molecule has 6 heteroatoms. The molecule has 0 radical (unpaired) electrons. The Balaban J connectivity index is 0.00000162. The molecule has 0 aliphatic carbocycles. The van der Waals surface area contributed by atoms with Crippen LogP contribution in [0.5, 0.6) is 0 Å². The highest BCUT2D eigenvalue weighted by Gasteiger charge is 2.07. The fourth-order valence-electron chi connectivity index (χ4n) is 1.75. The van der Waals surface area contributed by atoms with Gasteiger partial charge in [-0.25, -0.2) is 4.57 Å². The first-order chi connectivity index (χ1) is 8.04. The molecule has 1 aromatic carbocycles. The fourth-order valence-corrected chi connectivity index (χ4v) is 2.24. The van der Waals surface area contributed by atoms with Crippen molar-refractivity contribution in [2.75, 3.05) is 5.75 Å². The lowest BCUT2D eigenvalue weighted by atomic mass is 10.2. The van der Waals surface area contributed by atoms with Gasteiger partial charge < -0.3 is 5.48 Å². The minimum atomic E-state index is -3.85. The molecule has 0 spiro atoms. The van der Waals surface area contributed by atoms with E-state index in [9.17, 15) is 8.42 Å². The zero-order valence-corrected chi connectivity index (χ0v) is 10.5. The van der Waals surface area contributed by atoms with Gasteiger partial charge in [0.1, 0.15) is 6.54 Å². The van der Waals surface area contributed by atoms with Gasteiger partial charge in [-0.2, -0.15) is 8.42 Å². The van der Waals surface area contributed by atoms with Crippen molar-refractivity contribution in [2.24, 2.45) is 0 Å². The smallest absolute Gasteiger partial charge is 0.265 e. The first kappa shape index (κ1) is 14.6. The number of hydrogen-bond donors (Lipinski definition) is 1. The number of fused-ring (bicyclic) bond motifs is 1. The fraction of sp³-hybridized carbons (Fsp3) is 0.250. The maximum Gasteiger partial charge on any atom is 0.265 e. The van der Waals surface area contributed by atoms with E-state index in [1.807, 2.05) is 47.3 Å². The van der Waals surface area contributed by atoms with Crippen molar-refractivity contribution in [3.8, 4) is 0 Å². The molecule has 2 aromatic rings. The molecule has 0 unspecified atom stereocenters. The van der Waals surface area contributed by atoms with Crippen LogP contribution in [0.4, 0.5) is 0 Å². The van der Waals surface area contributed by atoms with Crippen LogP contribution in [0.1, 0.15) is 6.42 Å². The highest BCUT2D eigenvalue weighted by molar-refractivity contribution is 7.85. The minimum absolute atomic E-state index is 0. The highest BCUT2D eigenvalue weighted by atomic mass is 32.2. The number of rotatable bonds is 4. The summed E-state index contributed by atoms with van der Waals surface area (Å²) >= 11 is 0. The van der Waals surface area contributed by atoms with E-state index in [0.29, 0.717) is 13.0 Å². The maximum atomic E-state index is 10.6. The Morgan fingerprint density at radius 3 is 2.44 bits per heavy atom. The van der Waals surface area contributed by atoms with Crippen LogP contribution in [0.2, 0.25) is 0 Å². The van der Waals surface area contributed by atoms with Gasteiger partial charge in [0.2, 0.25) is 0 Å². The Bertz CT molecular complexity index is 625. The van der Waals surface area contributed by atoms with Gasteiger partial charge in [0.05, 0.1) is 5.75 Å². The second-order valence-electron chi connectivity index (χ2n) is 3.95. The van der Waals surface area contributed by atoms with Gasteiger partial charge in [0.25, 0.3) is 10.1 Å². The van der Waals surface area contributed by atoms with Gasteiger partial charge in [-0.3, -0.25) is 4.55 Å². The molecule has 2 rings (SSSR count). The first-order valence-corrected chi connectivity index (χ1v) is 6.98. The number of benzene rings is 1. The van der Waals surface area contributed by atoms with E-state index >= 15 is 0 Å². The average molecular weight is 269 g/mol. The van der Waals surface area contributed by atoms with Crippen LogP contribution < -0.4 is 4.57 Å². The molecule has 1 aromatic heterocycles. The lowest BCUT2D eigenvalue weighted by Gasteiger charge is -1.98. The quantitative estimate of drug-likeness (QED) is 0.668. The molecule has 0 bridgehead atoms. The Hall–Kier alpha value is -1.50. The van der Waals surface area contributed by atoms with E-state index in [4.69, 9.17) is 4.55 Å². The normalized spacial score (nSPS) is 11.2. The number of pyridine rings is 1. The van der Waals surface area contributed by atoms with Crippen LogP contribution in [0.15, 0.2) is 42.7 Å². The summed E-state index contributed by atoms with van der Waals surface area (Å²) in [6, 6.07) is 9.96. The number of nitrogens with zero attached hydrogens (tertiary/aromatic N) is 1. The lowest BCUT2D eigenvalue weighted by molar-refractivity contribution is -0.695. The number of aryl methyl sites for hydroxylation is 1. The highest BCUT2D eigenvalue weighted by Crippen LogP contribution is 2.09. The van der Waals surface area contributed by atoms with E-state index in [1.165, 1.54) is 0 Å². The van der Waals surface area contributed by atoms with Crippen molar-refractivity contribution in [2.45, 2.75) is 13.0 Å². The summed E-state index contributed by atoms with van der Waals surface area (Å²) < 4.78 is 31.7. The summed E-state index contributed by atoms with van der Waals surface area (Å²) in [7, 11) is -3.85. The molecule has 1 heterocycles. The minimum Gasteiger partial charge on any atom is -0.870 e. The second kappa shape index (κ2) is 5.90. The lowest BCUT2D eigenvalue weighted by Crippen LogP contribution is -2.33. The molecule has 0 aliphatic rings. The first-order valence-electron chi connectivity index (χ1n) is 5.38. The summed E-state index contributed by atoms with van der Waals surface area (Å²) in [6.07, 6.45) is 4.29. The SMILES string of the molecule is O=S(=O)(O)CCC[n+]1ccc2ccccc2c1.[OH-]. The third-order valence-electron chi connectivity index (χ3n) is 2.57. The van der Waals surface area contributed by atoms with Crippen molar-refractivity contribution in [1.82, 2.24) is 0 Å². The van der Waals surface area contributed by atoms with Crippen LogP contribution >= 0.6 is 0 Å². The molecule has 0 saturated carbocycles. The van der Waals surface area contributed by atoms with Gasteiger partial charge in [0.15, 0.2) is 12.4 Å². The third-order valence-corrected chi connectivity index (χ3v) is 3.37. The summed E-state index contributed by atoms with van der Waals surface area (Å²) in [4.78, 5) is 0. The van der Waals surface area contributed by atoms with Gasteiger partial charge in [-0.1, -0.05) is 18.2 Å². The predicted octanol–water partition coefficient (Wildman–Crippen LogP) is 1.23. The van der Waals surface area contributed by atoms with Gasteiger partial charge in [-0.05, 0) is 11.5 Å². The molecule has 0 aliphatic heterocycles. The van der Waals surface area contributed by atoms with Crippen molar-refractivity contribution in [3.05, 3.63) is 42.7 Å². The standard InChI is InChI=1S/C12H13NO3S.H2O/c14-17(15,16)9-3-7-13-8-6-11-4-1-2-5-12(11)10-13;/h1-2,4-6,8,10H,3,7,9H2;1H2. The van der Waals surface area contributed by atoms with E-state index in [-0.39, 0.29) is 11.2 Å². The van der Waals surface area contributed by atoms with Gasteiger partial charge >= 0.3 is 0 Å². The van der Waals surface area contributed by atoms with Crippen molar-refractivity contribution in [3.63, 3.8) is 0 Å².